The van der Waals surface area contributed by atoms with Crippen LogP contribution in [0.25, 0.3) is 15.8 Å². The number of hydrogen-bond donors (Lipinski definition) is 0. The molecule has 2 heteroatoms. The van der Waals surface area contributed by atoms with Crippen LogP contribution in [-0.4, -0.2) is 4.98 Å². The molecule has 0 atom stereocenters. The Morgan fingerprint density at radius 2 is 1.55 bits per heavy atom. The van der Waals surface area contributed by atoms with E-state index in [1.165, 1.54) is 47.4 Å². The average Bonchev–Trinajstić information content (AvgIpc) is 2.86. The Hall–Kier alpha value is -1.15. The molecule has 0 saturated carbocycles. The standard InChI is InChI=1S/C14H15NS.3C2H6/c1-2-4-8-11(7-3-1)14-15-12-9-5-6-10-13(12)16-14;3*1-2/h5-7,9-10H,1-4,8H2;3*1-2H3. The molecule has 0 saturated heterocycles. The molecule has 1 aromatic carbocycles. The maximum Gasteiger partial charge on any atom is 0.120 e. The number of fused-ring (bicyclic) bond motifs is 1. The molecule has 0 spiro atoms. The lowest BCUT2D eigenvalue weighted by molar-refractivity contribution is 0.720. The SMILES string of the molecule is C1=C(c2nc3ccccc3s2)CCCCC1.CC.CC.CC. The summed E-state index contributed by atoms with van der Waals surface area (Å²) in [7, 11) is 0. The van der Waals surface area contributed by atoms with Gasteiger partial charge in [0.25, 0.3) is 0 Å². The van der Waals surface area contributed by atoms with Crippen molar-refractivity contribution in [3.63, 3.8) is 0 Å². The quantitative estimate of drug-likeness (QED) is 0.524. The second-order valence-electron chi connectivity index (χ2n) is 4.32. The molecule has 1 aliphatic carbocycles. The van der Waals surface area contributed by atoms with Crippen LogP contribution in [0.4, 0.5) is 0 Å². The molecular weight excluding hydrogens is 286 g/mol. The van der Waals surface area contributed by atoms with E-state index in [4.69, 9.17) is 4.98 Å². The molecule has 0 radical (unpaired) electrons. The number of rotatable bonds is 1. The summed E-state index contributed by atoms with van der Waals surface area (Å²) in [6.45, 7) is 12.0. The summed E-state index contributed by atoms with van der Waals surface area (Å²) in [6.07, 6.45) is 8.86. The predicted molar refractivity (Wildman–Crippen MR) is 105 cm³/mol. The van der Waals surface area contributed by atoms with Crippen molar-refractivity contribution in [2.24, 2.45) is 0 Å². The molecule has 1 heterocycles. The van der Waals surface area contributed by atoms with Crippen LogP contribution in [0.5, 0.6) is 0 Å². The van der Waals surface area contributed by atoms with Crippen LogP contribution in [-0.2, 0) is 0 Å². The predicted octanol–water partition coefficient (Wildman–Crippen LogP) is 7.72. The third kappa shape index (κ3) is 6.31. The lowest BCUT2D eigenvalue weighted by atomic mass is 10.1. The van der Waals surface area contributed by atoms with Gasteiger partial charge in [-0.05, 0) is 43.4 Å². The minimum Gasteiger partial charge on any atom is -0.236 e. The zero-order chi connectivity index (χ0) is 16.8. The summed E-state index contributed by atoms with van der Waals surface area (Å²) in [4.78, 5) is 4.73. The lowest BCUT2D eigenvalue weighted by Crippen LogP contribution is -1.81. The maximum absolute atomic E-state index is 4.73. The van der Waals surface area contributed by atoms with Crippen molar-refractivity contribution in [2.75, 3.05) is 0 Å². The van der Waals surface area contributed by atoms with E-state index in [1.807, 2.05) is 52.9 Å². The molecule has 0 unspecified atom stereocenters. The van der Waals surface area contributed by atoms with Gasteiger partial charge in [0.2, 0.25) is 0 Å². The molecule has 0 amide bonds. The Kier molecular flexibility index (Phi) is 12.8. The van der Waals surface area contributed by atoms with E-state index in [0.29, 0.717) is 0 Å². The highest BCUT2D eigenvalue weighted by molar-refractivity contribution is 7.19. The van der Waals surface area contributed by atoms with Crippen molar-refractivity contribution >= 4 is 27.1 Å². The molecule has 22 heavy (non-hydrogen) atoms. The Bertz CT molecular complexity index is 492. The van der Waals surface area contributed by atoms with Crippen molar-refractivity contribution < 1.29 is 0 Å². The van der Waals surface area contributed by atoms with Gasteiger partial charge >= 0.3 is 0 Å². The molecular formula is C20H33NS. The van der Waals surface area contributed by atoms with E-state index in [2.05, 4.69) is 30.3 Å². The normalized spacial score (nSPS) is 13.3. The molecule has 124 valence electrons. The summed E-state index contributed by atoms with van der Waals surface area (Å²) in [6, 6.07) is 8.42. The van der Waals surface area contributed by atoms with Crippen LogP contribution in [0.2, 0.25) is 0 Å². The van der Waals surface area contributed by atoms with Crippen LogP contribution in [0.1, 0.15) is 78.7 Å². The van der Waals surface area contributed by atoms with Crippen molar-refractivity contribution in [3.8, 4) is 0 Å². The smallest absolute Gasteiger partial charge is 0.120 e. The number of nitrogens with zero attached hydrogens (tertiary/aromatic N) is 1. The first-order valence-electron chi connectivity index (χ1n) is 8.98. The first-order valence-corrected chi connectivity index (χ1v) is 9.80. The summed E-state index contributed by atoms with van der Waals surface area (Å²) in [5, 5.41) is 1.24. The van der Waals surface area contributed by atoms with Crippen molar-refractivity contribution in [3.05, 3.63) is 35.3 Å². The van der Waals surface area contributed by atoms with Crippen LogP contribution >= 0.6 is 11.3 Å². The highest BCUT2D eigenvalue weighted by atomic mass is 32.1. The minimum absolute atomic E-state index is 1.15. The topological polar surface area (TPSA) is 12.9 Å². The van der Waals surface area contributed by atoms with Gasteiger partial charge in [0.1, 0.15) is 5.01 Å². The molecule has 1 aliphatic rings. The van der Waals surface area contributed by atoms with Crippen molar-refractivity contribution in [1.29, 1.82) is 0 Å². The Balaban J connectivity index is 0.000000661. The Morgan fingerprint density at radius 3 is 2.23 bits per heavy atom. The fourth-order valence-corrected chi connectivity index (χ4v) is 3.25. The van der Waals surface area contributed by atoms with Crippen molar-refractivity contribution in [1.82, 2.24) is 4.98 Å². The van der Waals surface area contributed by atoms with Crippen LogP contribution < -0.4 is 0 Å². The van der Waals surface area contributed by atoms with Gasteiger partial charge in [-0.1, -0.05) is 66.2 Å². The van der Waals surface area contributed by atoms with Gasteiger partial charge in [-0.3, -0.25) is 0 Å². The fraction of sp³-hybridized carbons (Fsp3) is 0.550. The number of hydrogen-bond acceptors (Lipinski definition) is 2. The Labute approximate surface area is 141 Å². The van der Waals surface area contributed by atoms with E-state index in [0.717, 1.165) is 5.52 Å². The lowest BCUT2D eigenvalue weighted by Gasteiger charge is -1.98. The molecule has 0 aliphatic heterocycles. The molecule has 2 aromatic rings. The summed E-state index contributed by atoms with van der Waals surface area (Å²) < 4.78 is 1.31. The molecule has 0 bridgehead atoms. The third-order valence-electron chi connectivity index (χ3n) is 3.11. The van der Waals surface area contributed by atoms with Crippen LogP contribution in [0, 0.1) is 0 Å². The largest absolute Gasteiger partial charge is 0.236 e. The van der Waals surface area contributed by atoms with Gasteiger partial charge in [0.05, 0.1) is 10.2 Å². The molecule has 0 fully saturated rings. The number of aromatic nitrogens is 1. The highest BCUT2D eigenvalue weighted by Crippen LogP contribution is 2.31. The maximum atomic E-state index is 4.73. The van der Waals surface area contributed by atoms with E-state index < -0.39 is 0 Å². The van der Waals surface area contributed by atoms with E-state index >= 15 is 0 Å². The first kappa shape index (κ1) is 20.9. The van der Waals surface area contributed by atoms with E-state index in [-0.39, 0.29) is 0 Å². The number of thiazole rings is 1. The molecule has 1 aromatic heterocycles. The van der Waals surface area contributed by atoms with Gasteiger partial charge in [0.15, 0.2) is 0 Å². The highest BCUT2D eigenvalue weighted by Gasteiger charge is 2.10. The van der Waals surface area contributed by atoms with Gasteiger partial charge in [-0.15, -0.1) is 11.3 Å². The second-order valence-corrected chi connectivity index (χ2v) is 5.35. The second kappa shape index (κ2) is 13.5. The zero-order valence-corrected chi connectivity index (χ0v) is 16.1. The molecule has 3 rings (SSSR count). The van der Waals surface area contributed by atoms with Crippen LogP contribution in [0.3, 0.4) is 0 Å². The van der Waals surface area contributed by atoms with E-state index in [9.17, 15) is 0 Å². The van der Waals surface area contributed by atoms with Gasteiger partial charge in [-0.25, -0.2) is 4.98 Å². The fourth-order valence-electron chi connectivity index (χ4n) is 2.22. The van der Waals surface area contributed by atoms with E-state index in [1.54, 1.807) is 0 Å². The van der Waals surface area contributed by atoms with Crippen LogP contribution in [0.15, 0.2) is 30.3 Å². The zero-order valence-electron chi connectivity index (χ0n) is 15.3. The Morgan fingerprint density at radius 1 is 0.864 bits per heavy atom. The van der Waals surface area contributed by atoms with Crippen molar-refractivity contribution in [2.45, 2.75) is 73.6 Å². The van der Waals surface area contributed by atoms with Gasteiger partial charge in [0, 0.05) is 0 Å². The minimum atomic E-state index is 1.15. The molecule has 0 N–H and O–H groups in total. The summed E-state index contributed by atoms with van der Waals surface area (Å²) >= 11 is 1.83. The monoisotopic (exact) mass is 319 g/mol. The summed E-state index contributed by atoms with van der Waals surface area (Å²) in [5.41, 5.74) is 2.62. The average molecular weight is 320 g/mol. The number of benzene rings is 1. The van der Waals surface area contributed by atoms with Gasteiger partial charge < -0.3 is 0 Å². The molecule has 1 nitrogen and oxygen atoms in total. The number of para-hydroxylation sites is 1. The first-order chi connectivity index (χ1) is 10.9. The number of allylic oxidation sites excluding steroid dienone is 2. The summed E-state index contributed by atoms with van der Waals surface area (Å²) in [5.74, 6) is 0. The third-order valence-corrected chi connectivity index (χ3v) is 4.22. The van der Waals surface area contributed by atoms with Gasteiger partial charge in [-0.2, -0.15) is 0 Å².